The highest BCUT2D eigenvalue weighted by Gasteiger charge is 2.32. The minimum Gasteiger partial charge on any atom is -0.384 e. The van der Waals surface area contributed by atoms with Gasteiger partial charge in [0.15, 0.2) is 0 Å². The van der Waals surface area contributed by atoms with Crippen molar-refractivity contribution in [2.75, 3.05) is 31.1 Å². The molecule has 0 bridgehead atoms. The molecule has 0 atom stereocenters. The predicted octanol–water partition coefficient (Wildman–Crippen LogP) is 2.54. The summed E-state index contributed by atoms with van der Waals surface area (Å²) < 4.78 is 38.2. The fourth-order valence-electron chi connectivity index (χ4n) is 2.55. The van der Waals surface area contributed by atoms with Gasteiger partial charge in [-0.3, -0.25) is 0 Å². The number of alkyl halides is 3. The molecule has 0 unspecified atom stereocenters. The first-order chi connectivity index (χ1) is 13.2. The number of nitrogens with zero attached hydrogens (tertiary/aromatic N) is 6. The Morgan fingerprint density at radius 1 is 1.14 bits per heavy atom. The number of halogens is 4. The number of pyridine rings is 1. The summed E-state index contributed by atoms with van der Waals surface area (Å²) in [6.07, 6.45) is -2.69. The van der Waals surface area contributed by atoms with Gasteiger partial charge < -0.3 is 15.5 Å². The Kier molecular flexibility index (Phi) is 6.35. The monoisotopic (exact) mass is 407 g/mol. The Hall–Kier alpha value is -3.42. The molecule has 7 nitrogen and oxygen atoms in total. The highest BCUT2D eigenvalue weighted by atomic mass is 35.5. The Balaban J connectivity index is 2.16. The van der Waals surface area contributed by atoms with Crippen LogP contribution in [-0.4, -0.2) is 36.1 Å². The lowest BCUT2D eigenvalue weighted by atomic mass is 10.1. The maximum atomic E-state index is 12.7. The third-order valence-corrected chi connectivity index (χ3v) is 4.27. The number of hydrogen-bond acceptors (Lipinski definition) is 7. The van der Waals surface area contributed by atoms with Gasteiger partial charge in [0.2, 0.25) is 0 Å². The van der Waals surface area contributed by atoms with E-state index in [0.717, 1.165) is 18.3 Å². The lowest BCUT2D eigenvalue weighted by molar-refractivity contribution is -0.137. The van der Waals surface area contributed by atoms with Gasteiger partial charge in [0.25, 0.3) is 0 Å². The number of aromatic nitrogens is 1. The number of nitrogens with two attached hydrogens (primary N) is 1. The first kappa shape index (κ1) is 20.9. The van der Waals surface area contributed by atoms with Crippen molar-refractivity contribution < 1.29 is 13.2 Å². The van der Waals surface area contributed by atoms with Crippen LogP contribution in [0.15, 0.2) is 35.3 Å². The Morgan fingerprint density at radius 2 is 1.75 bits per heavy atom. The van der Waals surface area contributed by atoms with E-state index < -0.39 is 11.7 Å². The van der Waals surface area contributed by atoms with Crippen molar-refractivity contribution in [1.29, 1.82) is 15.8 Å². The molecule has 2 heterocycles. The van der Waals surface area contributed by atoms with Crippen molar-refractivity contribution in [3.8, 4) is 18.2 Å². The van der Waals surface area contributed by atoms with Gasteiger partial charge in [-0.2, -0.15) is 29.0 Å². The molecule has 1 aliphatic rings. The van der Waals surface area contributed by atoms with Gasteiger partial charge in [-0.25, -0.2) is 4.98 Å². The van der Waals surface area contributed by atoms with Crippen LogP contribution in [-0.2, 0) is 6.18 Å². The summed E-state index contributed by atoms with van der Waals surface area (Å²) in [6, 6.07) is 5.99. The molecule has 28 heavy (non-hydrogen) atoms. The molecule has 0 saturated carbocycles. The number of nitriles is 3. The third-order valence-electron chi connectivity index (χ3n) is 3.99. The molecule has 0 amide bonds. The standard InChI is InChI=1S/C17H13ClF3N7/c18-14-6-13(17(19,20)21)10-26-16(14)28-3-1-27(2-4-28)15(25)12(9-24)5-11(7-22)8-23/h5-6,10H,1-4,25H2/b15-12-. The fraction of sp³-hybridized carbons (Fsp3) is 0.294. The molecule has 1 aromatic heterocycles. The predicted molar refractivity (Wildman–Crippen MR) is 94.2 cm³/mol. The average molecular weight is 408 g/mol. The fourth-order valence-corrected chi connectivity index (χ4v) is 2.83. The first-order valence-electron chi connectivity index (χ1n) is 7.85. The number of hydrogen-bond donors (Lipinski definition) is 1. The molecule has 1 aliphatic heterocycles. The SMILES string of the molecule is N#CC(C#N)=C/C(C#N)=C(\N)N1CCN(c2ncc(C(F)(F)F)cc2Cl)CC1. The summed E-state index contributed by atoms with van der Waals surface area (Å²) in [4.78, 5) is 7.22. The quantitative estimate of drug-likeness (QED) is 0.604. The molecule has 0 aliphatic carbocycles. The van der Waals surface area contributed by atoms with Crippen LogP contribution in [0, 0.1) is 34.0 Å². The molecular formula is C17H13ClF3N7. The van der Waals surface area contributed by atoms with E-state index in [4.69, 9.17) is 27.9 Å². The molecule has 0 radical (unpaired) electrons. The summed E-state index contributed by atoms with van der Waals surface area (Å²) in [6.45, 7) is 1.39. The van der Waals surface area contributed by atoms with Crippen molar-refractivity contribution in [1.82, 2.24) is 9.88 Å². The molecule has 2 rings (SSSR count). The van der Waals surface area contributed by atoms with E-state index in [9.17, 15) is 18.4 Å². The Morgan fingerprint density at radius 3 is 2.21 bits per heavy atom. The second kappa shape index (κ2) is 8.51. The van der Waals surface area contributed by atoms with E-state index in [1.807, 2.05) is 6.07 Å². The zero-order valence-electron chi connectivity index (χ0n) is 14.3. The number of anilines is 1. The van der Waals surface area contributed by atoms with Crippen LogP contribution < -0.4 is 10.6 Å². The lowest BCUT2D eigenvalue weighted by Crippen LogP contribution is -2.48. The molecule has 11 heteroatoms. The topological polar surface area (TPSA) is 117 Å². The smallest absolute Gasteiger partial charge is 0.384 e. The van der Waals surface area contributed by atoms with Gasteiger partial charge in [-0.15, -0.1) is 0 Å². The van der Waals surface area contributed by atoms with Crippen LogP contribution >= 0.6 is 11.6 Å². The number of allylic oxidation sites excluding steroid dienone is 3. The van der Waals surface area contributed by atoms with Crippen LogP contribution in [0.4, 0.5) is 19.0 Å². The van der Waals surface area contributed by atoms with Crippen molar-refractivity contribution in [3.05, 3.63) is 45.9 Å². The van der Waals surface area contributed by atoms with Gasteiger partial charge in [0, 0.05) is 32.4 Å². The van der Waals surface area contributed by atoms with Crippen LogP contribution in [0.25, 0.3) is 0 Å². The molecule has 1 aromatic rings. The van der Waals surface area contributed by atoms with Gasteiger partial charge in [0.1, 0.15) is 35.4 Å². The Bertz CT molecular complexity index is 923. The van der Waals surface area contributed by atoms with Crippen LogP contribution in [0.2, 0.25) is 5.02 Å². The lowest BCUT2D eigenvalue weighted by Gasteiger charge is -2.37. The van der Waals surface area contributed by atoms with Crippen LogP contribution in [0.5, 0.6) is 0 Å². The maximum Gasteiger partial charge on any atom is 0.417 e. The van der Waals surface area contributed by atoms with Crippen molar-refractivity contribution in [2.45, 2.75) is 6.18 Å². The minimum absolute atomic E-state index is 0.0164. The molecule has 2 N–H and O–H groups in total. The van der Waals surface area contributed by atoms with Gasteiger partial charge in [-0.1, -0.05) is 11.6 Å². The Labute approximate surface area is 163 Å². The van der Waals surface area contributed by atoms with Crippen molar-refractivity contribution >= 4 is 17.4 Å². The molecule has 0 spiro atoms. The van der Waals surface area contributed by atoms with E-state index >= 15 is 0 Å². The molecule has 1 fully saturated rings. The van der Waals surface area contributed by atoms with E-state index in [1.165, 1.54) is 0 Å². The highest BCUT2D eigenvalue weighted by molar-refractivity contribution is 6.33. The second-order valence-electron chi connectivity index (χ2n) is 5.69. The zero-order chi connectivity index (χ0) is 20.9. The van der Waals surface area contributed by atoms with E-state index in [-0.39, 0.29) is 27.8 Å². The first-order valence-corrected chi connectivity index (χ1v) is 8.23. The van der Waals surface area contributed by atoms with Gasteiger partial charge in [-0.05, 0) is 12.1 Å². The van der Waals surface area contributed by atoms with Crippen molar-refractivity contribution in [2.24, 2.45) is 5.73 Å². The molecule has 0 aromatic carbocycles. The maximum absolute atomic E-state index is 12.7. The van der Waals surface area contributed by atoms with Crippen molar-refractivity contribution in [3.63, 3.8) is 0 Å². The van der Waals surface area contributed by atoms with Gasteiger partial charge in [0.05, 0.1) is 16.2 Å². The summed E-state index contributed by atoms with van der Waals surface area (Å²) >= 11 is 5.97. The third kappa shape index (κ3) is 4.64. The number of rotatable bonds is 3. The summed E-state index contributed by atoms with van der Waals surface area (Å²) in [5.41, 5.74) is 4.78. The number of piperazine rings is 1. The van der Waals surface area contributed by atoms with Gasteiger partial charge >= 0.3 is 6.18 Å². The van der Waals surface area contributed by atoms with E-state index in [2.05, 4.69) is 4.98 Å². The normalized spacial score (nSPS) is 15.0. The molecule has 144 valence electrons. The van der Waals surface area contributed by atoms with Crippen LogP contribution in [0.1, 0.15) is 5.56 Å². The van der Waals surface area contributed by atoms with Crippen LogP contribution in [0.3, 0.4) is 0 Å². The van der Waals surface area contributed by atoms with E-state index in [1.54, 1.807) is 21.9 Å². The van der Waals surface area contributed by atoms with E-state index in [0.29, 0.717) is 26.2 Å². The second-order valence-corrected chi connectivity index (χ2v) is 6.10. The molecular weight excluding hydrogens is 395 g/mol. The largest absolute Gasteiger partial charge is 0.417 e. The summed E-state index contributed by atoms with van der Waals surface area (Å²) in [5.74, 6) is 0.338. The summed E-state index contributed by atoms with van der Waals surface area (Å²) in [7, 11) is 0. The minimum atomic E-state index is -4.53. The highest BCUT2D eigenvalue weighted by Crippen LogP contribution is 2.33. The average Bonchev–Trinajstić information content (AvgIpc) is 2.68. The summed E-state index contributed by atoms with van der Waals surface area (Å²) in [5, 5.41) is 26.7. The zero-order valence-corrected chi connectivity index (χ0v) is 15.1. The molecule has 1 saturated heterocycles.